The van der Waals surface area contributed by atoms with Gasteiger partial charge in [-0.1, -0.05) is 67.0 Å². The first kappa shape index (κ1) is 25.4. The Morgan fingerprint density at radius 3 is 2.48 bits per heavy atom. The average molecular weight is 507 g/mol. The quantitative estimate of drug-likeness (QED) is 0.311. The lowest BCUT2D eigenvalue weighted by atomic mass is 10.0. The van der Waals surface area contributed by atoms with Crippen LogP contribution in [-0.2, 0) is 4.79 Å². The van der Waals surface area contributed by atoms with Gasteiger partial charge in [0, 0.05) is 11.1 Å². The number of carbonyl (C=O) groups excluding carboxylic acids is 1. The lowest BCUT2D eigenvalue weighted by Gasteiger charge is -2.21. The highest BCUT2D eigenvalue weighted by Gasteiger charge is 2.23. The number of hydrogen-bond acceptors (Lipinski definition) is 5. The number of rotatable bonds is 9. The summed E-state index contributed by atoms with van der Waals surface area (Å²) in [6, 6.07) is 13.1. The zero-order chi connectivity index (χ0) is 24.1. The zero-order valence-electron chi connectivity index (χ0n) is 19.3. The van der Waals surface area contributed by atoms with Gasteiger partial charge in [-0.3, -0.25) is 4.79 Å². The number of thioether (sulfide) groups is 1. The van der Waals surface area contributed by atoms with E-state index in [0.717, 1.165) is 11.3 Å². The van der Waals surface area contributed by atoms with E-state index in [1.54, 1.807) is 18.2 Å². The Balaban J connectivity index is 1.72. The summed E-state index contributed by atoms with van der Waals surface area (Å²) in [5.74, 6) is 1.86. The largest absolute Gasteiger partial charge is 0.482 e. The van der Waals surface area contributed by atoms with E-state index in [4.69, 9.17) is 27.9 Å². The van der Waals surface area contributed by atoms with E-state index < -0.39 is 0 Å². The third-order valence-corrected chi connectivity index (χ3v) is 6.44. The highest BCUT2D eigenvalue weighted by Crippen LogP contribution is 2.32. The topological polar surface area (TPSA) is 69.0 Å². The van der Waals surface area contributed by atoms with Gasteiger partial charge < -0.3 is 14.6 Å². The highest BCUT2D eigenvalue weighted by atomic mass is 35.5. The Bertz CT molecular complexity index is 1120. The number of ether oxygens (including phenoxy) is 1. The van der Waals surface area contributed by atoms with E-state index in [2.05, 4.69) is 49.3 Å². The minimum Gasteiger partial charge on any atom is -0.482 e. The Morgan fingerprint density at radius 2 is 1.82 bits per heavy atom. The van der Waals surface area contributed by atoms with Crippen molar-refractivity contribution >= 4 is 46.6 Å². The Hall–Kier alpha value is -2.22. The van der Waals surface area contributed by atoms with Crippen LogP contribution < -0.4 is 10.1 Å². The number of amides is 1. The maximum atomic E-state index is 12.5. The molecular weight excluding hydrogens is 479 g/mol. The van der Waals surface area contributed by atoms with Crippen LogP contribution in [0, 0.1) is 0 Å². The molecule has 1 aromatic heterocycles. The lowest BCUT2D eigenvalue weighted by Crippen LogP contribution is -2.17. The zero-order valence-corrected chi connectivity index (χ0v) is 21.6. The molecule has 0 spiro atoms. The highest BCUT2D eigenvalue weighted by molar-refractivity contribution is 7.99. The van der Waals surface area contributed by atoms with Gasteiger partial charge in [-0.05, 0) is 56.5 Å². The number of carbonyl (C=O) groups is 1. The van der Waals surface area contributed by atoms with E-state index >= 15 is 0 Å². The summed E-state index contributed by atoms with van der Waals surface area (Å²) < 4.78 is 8.30. The first-order chi connectivity index (χ1) is 15.7. The normalized spacial score (nSPS) is 12.3. The summed E-state index contributed by atoms with van der Waals surface area (Å²) in [6.45, 7) is 10.4. The predicted molar refractivity (Wildman–Crippen MR) is 136 cm³/mol. The third-order valence-electron chi connectivity index (χ3n) is 4.95. The second-order valence-electron chi connectivity index (χ2n) is 8.22. The predicted octanol–water partition coefficient (Wildman–Crippen LogP) is 7.16. The van der Waals surface area contributed by atoms with Crippen molar-refractivity contribution in [3.63, 3.8) is 0 Å². The van der Waals surface area contributed by atoms with Gasteiger partial charge >= 0.3 is 0 Å². The van der Waals surface area contributed by atoms with E-state index in [0.29, 0.717) is 32.6 Å². The molecule has 0 saturated carbocycles. The van der Waals surface area contributed by atoms with Crippen molar-refractivity contribution in [2.45, 2.75) is 57.8 Å². The minimum atomic E-state index is -0.309. The van der Waals surface area contributed by atoms with Crippen LogP contribution >= 0.6 is 35.0 Å². The third kappa shape index (κ3) is 6.43. The maximum Gasteiger partial charge on any atom is 0.234 e. The lowest BCUT2D eigenvalue weighted by molar-refractivity contribution is -0.113. The molecule has 3 aromatic rings. The summed E-state index contributed by atoms with van der Waals surface area (Å²) >= 11 is 13.4. The average Bonchev–Trinajstić information content (AvgIpc) is 3.19. The van der Waals surface area contributed by atoms with Crippen LogP contribution in [0.3, 0.4) is 0 Å². The van der Waals surface area contributed by atoms with Gasteiger partial charge in [-0.15, -0.1) is 10.2 Å². The minimum absolute atomic E-state index is 0.0951. The summed E-state index contributed by atoms with van der Waals surface area (Å²) in [4.78, 5) is 12.5. The Morgan fingerprint density at radius 1 is 1.09 bits per heavy atom. The van der Waals surface area contributed by atoms with Crippen LogP contribution in [0.5, 0.6) is 5.75 Å². The number of nitrogens with zero attached hydrogens (tertiary/aromatic N) is 3. The summed E-state index contributed by atoms with van der Waals surface area (Å²) in [7, 11) is 0. The standard InChI is InChI=1S/C24H28Cl2N4O2S/c1-14(2)18-8-6-7-9-21(18)32-16(5)23-28-29-24(30(23)15(3)4)33-13-22(31)27-20-11-10-17(25)12-19(20)26/h6-12,14-16H,13H2,1-5H3,(H,27,31). The van der Waals surface area contributed by atoms with Crippen LogP contribution in [0.4, 0.5) is 5.69 Å². The molecule has 1 heterocycles. The summed E-state index contributed by atoms with van der Waals surface area (Å²) in [6.07, 6.45) is -0.309. The number of anilines is 1. The van der Waals surface area contributed by atoms with Gasteiger partial charge in [0.25, 0.3) is 0 Å². The molecule has 0 aliphatic heterocycles. The number of aromatic nitrogens is 3. The van der Waals surface area contributed by atoms with Crippen LogP contribution in [-0.4, -0.2) is 26.4 Å². The summed E-state index contributed by atoms with van der Waals surface area (Å²) in [5, 5.41) is 13.1. The molecule has 176 valence electrons. The van der Waals surface area contributed by atoms with E-state index in [1.807, 2.05) is 29.7 Å². The molecule has 1 unspecified atom stereocenters. The van der Waals surface area contributed by atoms with Gasteiger partial charge in [0.05, 0.1) is 16.5 Å². The van der Waals surface area contributed by atoms with Crippen molar-refractivity contribution < 1.29 is 9.53 Å². The molecular formula is C24H28Cl2N4O2S. The summed E-state index contributed by atoms with van der Waals surface area (Å²) in [5.41, 5.74) is 1.66. The van der Waals surface area contributed by atoms with Crippen molar-refractivity contribution in [2.24, 2.45) is 0 Å². The van der Waals surface area contributed by atoms with Crippen LogP contribution in [0.15, 0.2) is 47.6 Å². The smallest absolute Gasteiger partial charge is 0.234 e. The van der Waals surface area contributed by atoms with Crippen LogP contribution in [0.25, 0.3) is 0 Å². The number of nitrogens with one attached hydrogen (secondary N) is 1. The van der Waals surface area contributed by atoms with Crippen molar-refractivity contribution in [1.29, 1.82) is 0 Å². The number of hydrogen-bond donors (Lipinski definition) is 1. The SMILES string of the molecule is CC(C)c1ccccc1OC(C)c1nnc(SCC(=O)Nc2ccc(Cl)cc2Cl)n1C(C)C. The Labute approximate surface area is 209 Å². The fourth-order valence-electron chi connectivity index (χ4n) is 3.36. The van der Waals surface area contributed by atoms with Gasteiger partial charge in [-0.25, -0.2) is 0 Å². The number of para-hydroxylation sites is 1. The molecule has 0 saturated heterocycles. The second kappa shape index (κ2) is 11.3. The van der Waals surface area contributed by atoms with Crippen molar-refractivity contribution in [3.05, 3.63) is 63.9 Å². The molecule has 0 aliphatic carbocycles. The van der Waals surface area contributed by atoms with Gasteiger partial charge in [-0.2, -0.15) is 0 Å². The molecule has 1 amide bonds. The second-order valence-corrected chi connectivity index (χ2v) is 10.0. The number of benzene rings is 2. The molecule has 33 heavy (non-hydrogen) atoms. The molecule has 3 rings (SSSR count). The first-order valence-electron chi connectivity index (χ1n) is 10.8. The molecule has 0 radical (unpaired) electrons. The molecule has 0 bridgehead atoms. The van der Waals surface area contributed by atoms with Crippen molar-refractivity contribution in [1.82, 2.24) is 14.8 Å². The fourth-order valence-corrected chi connectivity index (χ4v) is 4.69. The first-order valence-corrected chi connectivity index (χ1v) is 12.5. The molecule has 1 atom stereocenters. The fraction of sp³-hybridized carbons (Fsp3) is 0.375. The number of halogens is 2. The van der Waals surface area contributed by atoms with Crippen molar-refractivity contribution in [3.8, 4) is 5.75 Å². The molecule has 6 nitrogen and oxygen atoms in total. The molecule has 1 N–H and O–H groups in total. The van der Waals surface area contributed by atoms with Gasteiger partial charge in [0.2, 0.25) is 5.91 Å². The van der Waals surface area contributed by atoms with Crippen LogP contribution in [0.2, 0.25) is 10.0 Å². The van der Waals surface area contributed by atoms with E-state index in [-0.39, 0.29) is 23.8 Å². The monoisotopic (exact) mass is 506 g/mol. The molecule has 9 heteroatoms. The molecule has 0 fully saturated rings. The van der Waals surface area contributed by atoms with Crippen LogP contribution in [0.1, 0.15) is 64.1 Å². The van der Waals surface area contributed by atoms with Crippen molar-refractivity contribution in [2.75, 3.05) is 11.1 Å². The van der Waals surface area contributed by atoms with Gasteiger partial charge in [0.1, 0.15) is 5.75 Å². The maximum absolute atomic E-state index is 12.5. The molecule has 2 aromatic carbocycles. The molecule has 0 aliphatic rings. The van der Waals surface area contributed by atoms with E-state index in [1.165, 1.54) is 11.8 Å². The van der Waals surface area contributed by atoms with Gasteiger partial charge in [0.15, 0.2) is 17.1 Å². The Kier molecular flexibility index (Phi) is 8.68. The van der Waals surface area contributed by atoms with E-state index in [9.17, 15) is 4.79 Å².